The molecule has 9 atom stereocenters. The standard InChI is InChI=1S/C65H94N6O12S2/c1-40(47-18-19-48-46-17-15-44-13-10-11-24-64(44,7)49(46)22-25-65(47,48)8)14-21-53(72)66-26-12-27-67-54(73)23-31-80-33-35-82-36-34-81-32-30-71(29-28-70(9)55(74)38-63(5,6)56-43(4)57(75)41(2)42(3)58(56)76)62(79)83-45-16-20-50-52(37-45)85-60(68-50)59-69-51(39-84-59)61(77)78/h16,20,37,40,44,46-49,51H,10-15,17-19,21-36,38-39H2,1-9H3,(H,66,72)(H,67,73)(H,77,78)/t40-,44+,46+,47-,48?,49?,51?,64+,65-/m0/s1. The molecule has 20 heteroatoms. The topological polar surface area (TPSA) is 232 Å². The largest absolute Gasteiger partial charge is 0.480 e. The highest BCUT2D eigenvalue weighted by atomic mass is 32.2. The van der Waals surface area contributed by atoms with Crippen LogP contribution in [0.5, 0.6) is 5.75 Å². The average Bonchev–Trinajstić information content (AvgIpc) is 1.83. The predicted molar refractivity (Wildman–Crippen MR) is 331 cm³/mol. The van der Waals surface area contributed by atoms with Gasteiger partial charge in [-0.15, -0.1) is 23.1 Å². The number of carboxylic acids is 1. The molecule has 8 rings (SSSR count). The molecular formula is C65H94N6O12S2. The Hall–Kier alpha value is -5.02. The van der Waals surface area contributed by atoms with Gasteiger partial charge in [0.2, 0.25) is 17.7 Å². The zero-order chi connectivity index (χ0) is 61.2. The molecule has 6 aliphatic rings. The lowest BCUT2D eigenvalue weighted by atomic mass is 9.44. The second-order valence-corrected chi connectivity index (χ2v) is 28.2. The number of rotatable bonds is 29. The maximum atomic E-state index is 13.8. The Morgan fingerprint density at radius 3 is 2.19 bits per heavy atom. The number of nitrogens with one attached hydrogen (secondary N) is 2. The number of likely N-dealkylation sites (N-methyl/N-ethyl adjacent to an activating group) is 1. The van der Waals surface area contributed by atoms with Crippen molar-refractivity contribution < 1.29 is 57.6 Å². The van der Waals surface area contributed by atoms with E-state index in [0.717, 1.165) is 34.8 Å². The number of ketones is 2. The molecule has 4 amide bonds. The summed E-state index contributed by atoms with van der Waals surface area (Å²) in [7, 11) is 1.62. The first-order valence-electron chi connectivity index (χ1n) is 31.3. The molecule has 1 aromatic heterocycles. The quantitative estimate of drug-likeness (QED) is 0.0508. The molecule has 5 aliphatic carbocycles. The number of ether oxygens (including phenoxy) is 4. The van der Waals surface area contributed by atoms with Crippen LogP contribution in [-0.4, -0.2) is 157 Å². The summed E-state index contributed by atoms with van der Waals surface area (Å²) >= 11 is 2.65. The third-order valence-corrected chi connectivity index (χ3v) is 22.6. The van der Waals surface area contributed by atoms with Gasteiger partial charge < -0.3 is 44.5 Å². The minimum Gasteiger partial charge on any atom is -0.480 e. The first kappa shape index (κ1) is 65.9. The number of aliphatic imine (C=N–C) groups is 1. The molecule has 2 heterocycles. The van der Waals surface area contributed by atoms with Gasteiger partial charge in [0, 0.05) is 98.6 Å². The van der Waals surface area contributed by atoms with Crippen molar-refractivity contribution in [3.63, 3.8) is 0 Å². The van der Waals surface area contributed by atoms with E-state index < -0.39 is 23.5 Å². The molecule has 0 saturated heterocycles. The number of amides is 4. The van der Waals surface area contributed by atoms with Gasteiger partial charge >= 0.3 is 12.1 Å². The monoisotopic (exact) mass is 1210 g/mol. The van der Waals surface area contributed by atoms with Crippen molar-refractivity contribution >= 4 is 79.7 Å². The van der Waals surface area contributed by atoms with Gasteiger partial charge in [0.15, 0.2) is 17.6 Å². The molecule has 0 bridgehead atoms. The molecule has 3 unspecified atom stereocenters. The van der Waals surface area contributed by atoms with Crippen molar-refractivity contribution in [3.8, 4) is 5.75 Å². The maximum Gasteiger partial charge on any atom is 0.415 e. The second-order valence-electron chi connectivity index (χ2n) is 26.2. The Kier molecular flexibility index (Phi) is 22.7. The maximum absolute atomic E-state index is 13.8. The number of carboxylic acid groups (broad SMARTS) is 1. The third kappa shape index (κ3) is 15.8. The number of hydrogen-bond donors (Lipinski definition) is 3. The number of Topliss-reactive ketones (excluding diaryl/α,β-unsaturated/α-hetero) is 2. The highest BCUT2D eigenvalue weighted by Gasteiger charge is 2.60. The summed E-state index contributed by atoms with van der Waals surface area (Å²) in [5, 5.41) is 16.5. The minimum absolute atomic E-state index is 0.0445. The van der Waals surface area contributed by atoms with Crippen molar-refractivity contribution in [3.05, 3.63) is 45.5 Å². The van der Waals surface area contributed by atoms with Crippen LogP contribution in [0.1, 0.15) is 157 Å². The van der Waals surface area contributed by atoms with Crippen LogP contribution >= 0.6 is 23.1 Å². The number of carbonyl (C=O) groups excluding carboxylic acids is 6. The minimum atomic E-state index is -0.991. The lowest BCUT2D eigenvalue weighted by molar-refractivity contribution is -0.138. The van der Waals surface area contributed by atoms with Crippen molar-refractivity contribution in [2.45, 2.75) is 158 Å². The number of fused-ring (bicyclic) bond motifs is 6. The summed E-state index contributed by atoms with van der Waals surface area (Å²) in [4.78, 5) is 103. The fourth-order valence-corrected chi connectivity index (χ4v) is 17.6. The summed E-state index contributed by atoms with van der Waals surface area (Å²) in [5.41, 5.74) is 2.14. The van der Waals surface area contributed by atoms with E-state index >= 15 is 0 Å². The Morgan fingerprint density at radius 2 is 1.47 bits per heavy atom. The van der Waals surface area contributed by atoms with Gasteiger partial charge in [-0.2, -0.15) is 0 Å². The number of aromatic nitrogens is 1. The number of allylic oxidation sites excluding steroid dienone is 4. The van der Waals surface area contributed by atoms with Crippen LogP contribution < -0.4 is 15.4 Å². The molecule has 4 fully saturated rings. The number of nitrogens with zero attached hydrogens (tertiary/aromatic N) is 4. The van der Waals surface area contributed by atoms with Crippen molar-refractivity contribution in [1.82, 2.24) is 25.4 Å². The predicted octanol–water partition coefficient (Wildman–Crippen LogP) is 10.3. The smallest absolute Gasteiger partial charge is 0.415 e. The molecule has 468 valence electrons. The Bertz CT molecular complexity index is 2880. The van der Waals surface area contributed by atoms with E-state index in [2.05, 4.69) is 41.4 Å². The van der Waals surface area contributed by atoms with Gasteiger partial charge in [0.1, 0.15) is 15.8 Å². The fourth-order valence-electron chi connectivity index (χ4n) is 15.5. The van der Waals surface area contributed by atoms with Crippen LogP contribution in [0.15, 0.2) is 45.5 Å². The van der Waals surface area contributed by atoms with E-state index in [1.807, 2.05) is 0 Å². The summed E-state index contributed by atoms with van der Waals surface area (Å²) in [5.74, 6) is 3.73. The van der Waals surface area contributed by atoms with E-state index in [4.69, 9.17) is 18.9 Å². The molecular weight excluding hydrogens is 1120 g/mol. The first-order valence-corrected chi connectivity index (χ1v) is 33.1. The lowest BCUT2D eigenvalue weighted by Crippen LogP contribution is -2.53. The molecule has 1 aliphatic heterocycles. The van der Waals surface area contributed by atoms with Crippen LogP contribution in [0.4, 0.5) is 4.79 Å². The Morgan fingerprint density at radius 1 is 0.788 bits per heavy atom. The molecule has 0 radical (unpaired) electrons. The molecule has 1 aromatic carbocycles. The number of hydrogen-bond acceptors (Lipinski definition) is 15. The second kappa shape index (κ2) is 29.3. The third-order valence-electron chi connectivity index (χ3n) is 20.4. The van der Waals surface area contributed by atoms with Gasteiger partial charge in [0.25, 0.3) is 0 Å². The summed E-state index contributed by atoms with van der Waals surface area (Å²) in [6.07, 6.45) is 15.7. The first-order chi connectivity index (χ1) is 40.5. The SMILES string of the molecule is CC1=C(C)C(=O)C(C(C)(C)CC(=O)N(C)CCN(CCOCCOCCOCCC(=O)NCCCNC(=O)CC[C@H](C)[C@@H]2CCC3[C@H]4CC[C@H]5CCCC[C@@]5(C)C4CC[C@]32C)C(=O)Oc2ccc3nc(C4=NC(C(=O)O)CS4)sc3c2)=C(C)C1=O. The van der Waals surface area contributed by atoms with E-state index in [9.17, 15) is 38.7 Å². The van der Waals surface area contributed by atoms with Crippen LogP contribution in [0.3, 0.4) is 0 Å². The average molecular weight is 1220 g/mol. The summed E-state index contributed by atoms with van der Waals surface area (Å²) < 4.78 is 23.7. The number of thioether (sulfide) groups is 1. The number of aliphatic carboxylic acids is 1. The van der Waals surface area contributed by atoms with Gasteiger partial charge in [-0.1, -0.05) is 47.5 Å². The van der Waals surface area contributed by atoms with Crippen molar-refractivity contribution in [1.29, 1.82) is 0 Å². The highest BCUT2D eigenvalue weighted by Crippen LogP contribution is 2.68. The van der Waals surface area contributed by atoms with Crippen LogP contribution in [0.2, 0.25) is 0 Å². The van der Waals surface area contributed by atoms with Gasteiger partial charge in [-0.05, 0) is 143 Å². The fraction of sp³-hybridized carbons (Fsp3) is 0.708. The van der Waals surface area contributed by atoms with Crippen molar-refractivity contribution in [2.75, 3.05) is 85.2 Å². The summed E-state index contributed by atoms with van der Waals surface area (Å²) in [6, 6.07) is 4.20. The molecule has 2 aromatic rings. The van der Waals surface area contributed by atoms with Crippen LogP contribution in [-0.2, 0) is 43.0 Å². The van der Waals surface area contributed by atoms with Crippen LogP contribution in [0, 0.1) is 51.8 Å². The molecule has 4 saturated carbocycles. The number of benzene rings is 1. The number of carbonyl (C=O) groups is 7. The van der Waals surface area contributed by atoms with Gasteiger partial charge in [-0.25, -0.2) is 14.6 Å². The van der Waals surface area contributed by atoms with E-state index in [1.165, 1.54) is 97.1 Å². The Labute approximate surface area is 511 Å². The van der Waals surface area contributed by atoms with Gasteiger partial charge in [-0.3, -0.25) is 29.0 Å². The van der Waals surface area contributed by atoms with E-state index in [-0.39, 0.29) is 101 Å². The van der Waals surface area contributed by atoms with Crippen molar-refractivity contribution in [2.24, 2.45) is 56.7 Å². The lowest BCUT2D eigenvalue weighted by Gasteiger charge is -2.61. The molecule has 18 nitrogen and oxygen atoms in total. The Balaban J connectivity index is 0.695. The zero-order valence-corrected chi connectivity index (χ0v) is 53.5. The molecule has 3 N–H and O–H groups in total. The zero-order valence-electron chi connectivity index (χ0n) is 51.9. The summed E-state index contributed by atoms with van der Waals surface area (Å²) in [6.45, 7) is 18.9. The van der Waals surface area contributed by atoms with Gasteiger partial charge in [0.05, 0.1) is 49.9 Å². The van der Waals surface area contributed by atoms with Crippen LogP contribution in [0.25, 0.3) is 10.2 Å². The molecule has 0 spiro atoms. The number of thiazole rings is 1. The van der Waals surface area contributed by atoms with E-state index in [1.54, 1.807) is 59.9 Å². The molecule has 85 heavy (non-hydrogen) atoms. The highest BCUT2D eigenvalue weighted by molar-refractivity contribution is 8.15. The van der Waals surface area contributed by atoms with E-state index in [0.29, 0.717) is 98.8 Å². The normalized spacial score (nSPS) is 26.2.